The van der Waals surface area contributed by atoms with E-state index in [2.05, 4.69) is 27.3 Å². The third-order valence-corrected chi connectivity index (χ3v) is 9.27. The normalized spacial score (nSPS) is 21.8. The molecule has 6 rings (SSSR count). The van der Waals surface area contributed by atoms with Crippen LogP contribution in [-0.2, 0) is 37.0 Å². The van der Waals surface area contributed by atoms with Gasteiger partial charge in [-0.3, -0.25) is 9.48 Å². The standard InChI is InChI=1S/C29H33ClF4N8O3/c1-28(36-2)7-10-41(14-28)26(43)24-22(30)19-12-40(8-4-9-42(19)39-24)25-15-13-45-20(11-18(15)37-27(38-25)44-3)21-16(29(32,33)34)5-6-17(35)23(21)31/h5-6,20,36H,4,7-14,35H2,1-3H3. The number of halogens is 5. The quantitative estimate of drug-likeness (QED) is 0.309. The molecule has 3 aromatic rings. The van der Waals surface area contributed by atoms with E-state index < -0.39 is 34.9 Å². The molecule has 242 valence electrons. The number of carbonyl (C=O) groups excluding carboxylic acids is 1. The number of methoxy groups -OCH3 is 1. The fraction of sp³-hybridized carbons (Fsp3) is 0.517. The lowest BCUT2D eigenvalue weighted by Gasteiger charge is -2.31. The predicted octanol–water partition coefficient (Wildman–Crippen LogP) is 4.12. The summed E-state index contributed by atoms with van der Waals surface area (Å²) in [6.45, 7) is 4.26. The van der Waals surface area contributed by atoms with Crippen LogP contribution in [0.25, 0.3) is 0 Å². The van der Waals surface area contributed by atoms with Crippen molar-refractivity contribution in [2.45, 2.75) is 63.7 Å². The first-order chi connectivity index (χ1) is 21.3. The Hall–Kier alpha value is -3.69. The third kappa shape index (κ3) is 5.65. The van der Waals surface area contributed by atoms with E-state index in [4.69, 9.17) is 26.8 Å². The summed E-state index contributed by atoms with van der Waals surface area (Å²) in [5, 5.41) is 8.12. The maximum Gasteiger partial charge on any atom is 0.416 e. The van der Waals surface area contributed by atoms with E-state index in [0.29, 0.717) is 55.4 Å². The largest absolute Gasteiger partial charge is 0.467 e. The first-order valence-electron chi connectivity index (χ1n) is 14.5. The molecule has 3 N–H and O–H groups in total. The van der Waals surface area contributed by atoms with Crippen molar-refractivity contribution >= 4 is 29.0 Å². The molecule has 2 unspecified atom stereocenters. The van der Waals surface area contributed by atoms with Crippen LogP contribution in [0.3, 0.4) is 0 Å². The summed E-state index contributed by atoms with van der Waals surface area (Å²) in [7, 11) is 3.25. The summed E-state index contributed by atoms with van der Waals surface area (Å²) in [5.41, 5.74) is 4.95. The maximum atomic E-state index is 15.1. The molecule has 16 heteroatoms. The van der Waals surface area contributed by atoms with Gasteiger partial charge in [-0.2, -0.15) is 28.2 Å². The van der Waals surface area contributed by atoms with Gasteiger partial charge in [-0.25, -0.2) is 4.39 Å². The number of fused-ring (bicyclic) bond motifs is 2. The zero-order chi connectivity index (χ0) is 32.3. The Labute approximate surface area is 261 Å². The van der Waals surface area contributed by atoms with Crippen molar-refractivity contribution in [2.24, 2.45) is 0 Å². The highest BCUT2D eigenvalue weighted by atomic mass is 35.5. The number of carbonyl (C=O) groups is 1. The Morgan fingerprint density at radius 3 is 2.71 bits per heavy atom. The highest BCUT2D eigenvalue weighted by Crippen LogP contribution is 2.43. The number of ether oxygens (including phenoxy) is 2. The number of benzene rings is 1. The molecule has 0 aliphatic carbocycles. The third-order valence-electron chi connectivity index (χ3n) is 8.88. The first kappa shape index (κ1) is 31.3. The first-order valence-corrected chi connectivity index (χ1v) is 14.9. The topological polar surface area (TPSA) is 124 Å². The van der Waals surface area contributed by atoms with Crippen LogP contribution in [0, 0.1) is 5.82 Å². The minimum Gasteiger partial charge on any atom is -0.467 e. The molecule has 5 heterocycles. The molecular formula is C29H33ClF4N8O3. The van der Waals surface area contributed by atoms with Crippen LogP contribution in [0.1, 0.15) is 64.4 Å². The van der Waals surface area contributed by atoms with Gasteiger partial charge in [0.2, 0.25) is 0 Å². The molecule has 0 spiro atoms. The van der Waals surface area contributed by atoms with Gasteiger partial charge in [0.05, 0.1) is 54.0 Å². The number of nitrogens with two attached hydrogens (primary N) is 1. The number of amides is 1. The van der Waals surface area contributed by atoms with Crippen LogP contribution >= 0.6 is 11.6 Å². The van der Waals surface area contributed by atoms with Gasteiger partial charge in [-0.15, -0.1) is 0 Å². The zero-order valence-corrected chi connectivity index (χ0v) is 25.7. The van der Waals surface area contributed by atoms with E-state index in [-0.39, 0.29) is 47.7 Å². The van der Waals surface area contributed by atoms with Gasteiger partial charge in [0.1, 0.15) is 5.82 Å². The minimum atomic E-state index is -4.82. The number of aryl methyl sites for hydroxylation is 1. The second kappa shape index (κ2) is 11.6. The zero-order valence-electron chi connectivity index (χ0n) is 25.0. The number of nitrogens with one attached hydrogen (secondary N) is 1. The number of rotatable bonds is 5. The number of hydrogen-bond donors (Lipinski definition) is 2. The van der Waals surface area contributed by atoms with Gasteiger partial charge in [-0.05, 0) is 38.9 Å². The Morgan fingerprint density at radius 1 is 1.24 bits per heavy atom. The number of nitrogens with zero attached hydrogens (tertiary/aromatic N) is 6. The van der Waals surface area contributed by atoms with Crippen LogP contribution in [-0.4, -0.2) is 69.9 Å². The Bertz CT molecular complexity index is 1650. The van der Waals surface area contributed by atoms with Crippen molar-refractivity contribution in [1.82, 2.24) is 30.0 Å². The number of likely N-dealkylation sites (tertiary alicyclic amines) is 1. The van der Waals surface area contributed by atoms with E-state index in [1.54, 1.807) is 9.58 Å². The van der Waals surface area contributed by atoms with Crippen LogP contribution in [0.2, 0.25) is 5.02 Å². The SMILES string of the molecule is CNC1(C)CCN(C(=O)c2nn3c(c2Cl)CN(c2nc(OC)nc4c2COC(c2c(C(F)(F)F)ccc(N)c2F)C4)CCC3)C1. The molecule has 11 nitrogen and oxygen atoms in total. The molecule has 0 saturated carbocycles. The highest BCUT2D eigenvalue weighted by Gasteiger charge is 2.41. The molecule has 0 bridgehead atoms. The molecule has 0 radical (unpaired) electrons. The molecule has 45 heavy (non-hydrogen) atoms. The maximum absolute atomic E-state index is 15.1. The number of likely N-dealkylation sites (N-methyl/N-ethyl adjacent to an activating group) is 1. The van der Waals surface area contributed by atoms with Crippen molar-refractivity contribution in [3.05, 3.63) is 56.7 Å². The Morgan fingerprint density at radius 2 is 2.02 bits per heavy atom. The Balaban J connectivity index is 1.32. The highest BCUT2D eigenvalue weighted by molar-refractivity contribution is 6.34. The lowest BCUT2D eigenvalue weighted by Crippen LogP contribution is -2.43. The van der Waals surface area contributed by atoms with Crippen molar-refractivity contribution in [3.63, 3.8) is 0 Å². The second-order valence-electron chi connectivity index (χ2n) is 11.8. The van der Waals surface area contributed by atoms with E-state index in [1.807, 2.05) is 11.9 Å². The van der Waals surface area contributed by atoms with E-state index in [1.165, 1.54) is 7.11 Å². The van der Waals surface area contributed by atoms with E-state index in [0.717, 1.165) is 18.6 Å². The van der Waals surface area contributed by atoms with Crippen LogP contribution in [0.15, 0.2) is 12.1 Å². The number of aromatic nitrogens is 4. The summed E-state index contributed by atoms with van der Waals surface area (Å²) in [6, 6.07) is 1.64. The lowest BCUT2D eigenvalue weighted by molar-refractivity contribution is -0.140. The van der Waals surface area contributed by atoms with Gasteiger partial charge in [0, 0.05) is 49.3 Å². The number of anilines is 2. The molecule has 2 aromatic heterocycles. The fourth-order valence-electron chi connectivity index (χ4n) is 6.23. The van der Waals surface area contributed by atoms with Crippen LogP contribution in [0.5, 0.6) is 6.01 Å². The van der Waals surface area contributed by atoms with Gasteiger partial charge in [0.15, 0.2) is 11.5 Å². The number of nitrogen functional groups attached to an aromatic ring is 1. The van der Waals surface area contributed by atoms with Crippen LogP contribution in [0.4, 0.5) is 29.1 Å². The second-order valence-corrected chi connectivity index (χ2v) is 12.2. The molecule has 1 aromatic carbocycles. The van der Waals surface area contributed by atoms with Crippen molar-refractivity contribution in [3.8, 4) is 6.01 Å². The molecular weight excluding hydrogens is 620 g/mol. The lowest BCUT2D eigenvalue weighted by atomic mass is 9.94. The Kier molecular flexibility index (Phi) is 8.06. The van der Waals surface area contributed by atoms with E-state index >= 15 is 4.39 Å². The predicted molar refractivity (Wildman–Crippen MR) is 157 cm³/mol. The monoisotopic (exact) mass is 652 g/mol. The van der Waals surface area contributed by atoms with Gasteiger partial charge in [-0.1, -0.05) is 11.6 Å². The molecule has 2 atom stereocenters. The summed E-state index contributed by atoms with van der Waals surface area (Å²) in [6.07, 6.45) is -4.85. The molecule has 1 amide bonds. The average Bonchev–Trinajstić information content (AvgIpc) is 3.47. The molecule has 1 fully saturated rings. The van der Waals surface area contributed by atoms with Crippen molar-refractivity contribution < 1.29 is 31.8 Å². The van der Waals surface area contributed by atoms with Crippen molar-refractivity contribution in [2.75, 3.05) is 44.4 Å². The summed E-state index contributed by atoms with van der Waals surface area (Å²) in [5.74, 6) is -0.967. The summed E-state index contributed by atoms with van der Waals surface area (Å²) in [4.78, 5) is 26.1. The molecule has 3 aliphatic rings. The smallest absolute Gasteiger partial charge is 0.416 e. The number of hydrogen-bond acceptors (Lipinski definition) is 9. The molecule has 1 saturated heterocycles. The number of alkyl halides is 3. The minimum absolute atomic E-state index is 0.00479. The summed E-state index contributed by atoms with van der Waals surface area (Å²) >= 11 is 6.82. The van der Waals surface area contributed by atoms with Gasteiger partial charge in [0.25, 0.3) is 5.91 Å². The van der Waals surface area contributed by atoms with Crippen molar-refractivity contribution in [1.29, 1.82) is 0 Å². The average molecular weight is 653 g/mol. The molecule has 3 aliphatic heterocycles. The van der Waals surface area contributed by atoms with Crippen LogP contribution < -0.4 is 20.7 Å². The fourth-order valence-corrected chi connectivity index (χ4v) is 6.50. The van der Waals surface area contributed by atoms with Gasteiger partial charge >= 0.3 is 12.2 Å². The van der Waals surface area contributed by atoms with E-state index in [9.17, 15) is 18.0 Å². The van der Waals surface area contributed by atoms with Gasteiger partial charge < -0.3 is 30.3 Å². The summed E-state index contributed by atoms with van der Waals surface area (Å²) < 4.78 is 69.6.